The average molecular weight is 425 g/mol. The van der Waals surface area contributed by atoms with Crippen LogP contribution in [0.15, 0.2) is 47.1 Å². The van der Waals surface area contributed by atoms with Gasteiger partial charge in [0.25, 0.3) is 0 Å². The first kappa shape index (κ1) is 18.9. The molecule has 2 aliphatic rings. The molecule has 9 heteroatoms. The number of nitrogens with zero attached hydrogens (tertiary/aromatic N) is 5. The number of halogens is 1. The van der Waals surface area contributed by atoms with E-state index in [4.69, 9.17) is 16.1 Å². The molecule has 0 atom stereocenters. The molecule has 154 valence electrons. The molecule has 1 saturated heterocycles. The summed E-state index contributed by atoms with van der Waals surface area (Å²) in [6, 6.07) is 10.9. The van der Waals surface area contributed by atoms with Gasteiger partial charge in [-0.25, -0.2) is 9.78 Å². The van der Waals surface area contributed by atoms with E-state index in [1.165, 1.54) is 0 Å². The fourth-order valence-electron chi connectivity index (χ4n) is 3.43. The number of rotatable bonds is 4. The highest BCUT2D eigenvalue weighted by atomic mass is 35.5. The van der Waals surface area contributed by atoms with Crippen molar-refractivity contribution in [2.75, 3.05) is 36.4 Å². The minimum absolute atomic E-state index is 0.108. The maximum atomic E-state index is 12.5. The lowest BCUT2D eigenvalue weighted by atomic mass is 10.2. The van der Waals surface area contributed by atoms with E-state index in [0.717, 1.165) is 35.8 Å². The zero-order valence-electron chi connectivity index (χ0n) is 16.3. The zero-order valence-corrected chi connectivity index (χ0v) is 17.0. The SMILES string of the molecule is O=C(Nc1ccc(Cl)cc1)N1CCN(c2ccc(-c3noc(C4CC4)n3)cn2)CC1. The van der Waals surface area contributed by atoms with Crippen molar-refractivity contribution < 1.29 is 9.32 Å². The summed E-state index contributed by atoms with van der Waals surface area (Å²) in [6.07, 6.45) is 4.03. The van der Waals surface area contributed by atoms with Crippen LogP contribution in [-0.4, -0.2) is 52.2 Å². The smallest absolute Gasteiger partial charge is 0.321 e. The molecule has 2 fully saturated rings. The molecule has 2 aromatic heterocycles. The van der Waals surface area contributed by atoms with Gasteiger partial charge in [-0.15, -0.1) is 0 Å². The molecule has 5 rings (SSSR count). The first-order chi connectivity index (χ1) is 14.7. The van der Waals surface area contributed by atoms with Crippen molar-refractivity contribution in [3.8, 4) is 11.4 Å². The number of amides is 2. The third-order valence-corrected chi connectivity index (χ3v) is 5.61. The molecule has 1 aromatic carbocycles. The Hall–Kier alpha value is -3.13. The maximum absolute atomic E-state index is 12.5. The van der Waals surface area contributed by atoms with E-state index in [0.29, 0.717) is 42.9 Å². The monoisotopic (exact) mass is 424 g/mol. The predicted molar refractivity (Wildman–Crippen MR) is 114 cm³/mol. The average Bonchev–Trinajstić information content (AvgIpc) is 3.52. The summed E-state index contributed by atoms with van der Waals surface area (Å²) >= 11 is 5.89. The van der Waals surface area contributed by atoms with Gasteiger partial charge in [0, 0.05) is 54.6 Å². The van der Waals surface area contributed by atoms with Gasteiger partial charge in [0.05, 0.1) is 0 Å². The van der Waals surface area contributed by atoms with E-state index in [1.807, 2.05) is 12.1 Å². The normalized spacial score (nSPS) is 16.6. The van der Waals surface area contributed by atoms with E-state index in [9.17, 15) is 4.79 Å². The van der Waals surface area contributed by atoms with Gasteiger partial charge in [0.2, 0.25) is 11.7 Å². The third kappa shape index (κ3) is 4.09. The van der Waals surface area contributed by atoms with E-state index in [2.05, 4.69) is 25.3 Å². The second-order valence-electron chi connectivity index (χ2n) is 7.55. The van der Waals surface area contributed by atoms with Crippen LogP contribution in [0.1, 0.15) is 24.7 Å². The van der Waals surface area contributed by atoms with Gasteiger partial charge < -0.3 is 19.6 Å². The summed E-state index contributed by atoms with van der Waals surface area (Å²) in [5, 5.41) is 7.61. The lowest BCUT2D eigenvalue weighted by Gasteiger charge is -2.35. The summed E-state index contributed by atoms with van der Waals surface area (Å²) in [7, 11) is 0. The summed E-state index contributed by atoms with van der Waals surface area (Å²) in [6.45, 7) is 2.68. The lowest BCUT2D eigenvalue weighted by molar-refractivity contribution is 0.208. The number of pyridine rings is 1. The predicted octanol–water partition coefficient (Wildman–Crippen LogP) is 4.02. The highest BCUT2D eigenvalue weighted by Crippen LogP contribution is 2.39. The van der Waals surface area contributed by atoms with Crippen LogP contribution in [0.25, 0.3) is 11.4 Å². The van der Waals surface area contributed by atoms with E-state index >= 15 is 0 Å². The van der Waals surface area contributed by atoms with Gasteiger partial charge in [-0.05, 0) is 49.2 Å². The molecule has 0 radical (unpaired) electrons. The van der Waals surface area contributed by atoms with Crippen molar-refractivity contribution in [3.05, 3.63) is 53.5 Å². The number of benzene rings is 1. The molecule has 8 nitrogen and oxygen atoms in total. The van der Waals surface area contributed by atoms with Crippen molar-refractivity contribution in [2.45, 2.75) is 18.8 Å². The van der Waals surface area contributed by atoms with Crippen LogP contribution < -0.4 is 10.2 Å². The zero-order chi connectivity index (χ0) is 20.5. The topological polar surface area (TPSA) is 87.4 Å². The van der Waals surface area contributed by atoms with Crippen LogP contribution in [0.5, 0.6) is 0 Å². The molecule has 1 aliphatic carbocycles. The van der Waals surface area contributed by atoms with Crippen LogP contribution in [0.3, 0.4) is 0 Å². The van der Waals surface area contributed by atoms with E-state index in [-0.39, 0.29) is 6.03 Å². The highest BCUT2D eigenvalue weighted by molar-refractivity contribution is 6.30. The summed E-state index contributed by atoms with van der Waals surface area (Å²) in [5.41, 5.74) is 1.57. The van der Waals surface area contributed by atoms with E-state index < -0.39 is 0 Å². The minimum atomic E-state index is -0.108. The van der Waals surface area contributed by atoms with Crippen molar-refractivity contribution in [3.63, 3.8) is 0 Å². The number of hydrogen-bond donors (Lipinski definition) is 1. The number of nitrogens with one attached hydrogen (secondary N) is 1. The van der Waals surface area contributed by atoms with Crippen molar-refractivity contribution in [1.82, 2.24) is 20.0 Å². The quantitative estimate of drug-likeness (QED) is 0.680. The Morgan fingerprint density at radius 3 is 2.50 bits per heavy atom. The molecule has 30 heavy (non-hydrogen) atoms. The van der Waals surface area contributed by atoms with Crippen molar-refractivity contribution in [2.24, 2.45) is 0 Å². The van der Waals surface area contributed by atoms with Gasteiger partial charge in [0.1, 0.15) is 5.82 Å². The van der Waals surface area contributed by atoms with E-state index in [1.54, 1.807) is 35.4 Å². The molecule has 0 spiro atoms. The van der Waals surface area contributed by atoms with Crippen molar-refractivity contribution >= 4 is 29.1 Å². The number of carbonyl (C=O) groups is 1. The summed E-state index contributed by atoms with van der Waals surface area (Å²) in [5.74, 6) is 2.62. The first-order valence-corrected chi connectivity index (χ1v) is 10.4. The molecular formula is C21H21ClN6O2. The molecule has 0 unspecified atom stereocenters. The molecule has 3 heterocycles. The summed E-state index contributed by atoms with van der Waals surface area (Å²) in [4.78, 5) is 25.5. The third-order valence-electron chi connectivity index (χ3n) is 5.36. The Labute approximate surface area is 178 Å². The number of urea groups is 1. The fourth-order valence-corrected chi connectivity index (χ4v) is 3.55. The maximum Gasteiger partial charge on any atom is 0.321 e. The molecular weight excluding hydrogens is 404 g/mol. The second kappa shape index (κ2) is 7.95. The van der Waals surface area contributed by atoms with Crippen LogP contribution in [0, 0.1) is 0 Å². The lowest BCUT2D eigenvalue weighted by Crippen LogP contribution is -2.50. The molecule has 2 amide bonds. The van der Waals surface area contributed by atoms with Gasteiger partial charge in [-0.3, -0.25) is 0 Å². The van der Waals surface area contributed by atoms with Crippen LogP contribution >= 0.6 is 11.6 Å². The van der Waals surface area contributed by atoms with Gasteiger partial charge >= 0.3 is 6.03 Å². The second-order valence-corrected chi connectivity index (χ2v) is 7.98. The highest BCUT2D eigenvalue weighted by Gasteiger charge is 2.30. The Morgan fingerprint density at radius 2 is 1.83 bits per heavy atom. The van der Waals surface area contributed by atoms with Crippen molar-refractivity contribution in [1.29, 1.82) is 0 Å². The number of anilines is 2. The van der Waals surface area contributed by atoms with Gasteiger partial charge in [-0.2, -0.15) is 4.98 Å². The molecule has 1 aliphatic heterocycles. The first-order valence-electron chi connectivity index (χ1n) is 10.0. The molecule has 3 aromatic rings. The Kier molecular flexibility index (Phi) is 5.00. The van der Waals surface area contributed by atoms with Crippen LogP contribution in [0.2, 0.25) is 5.02 Å². The Morgan fingerprint density at radius 1 is 1.07 bits per heavy atom. The minimum Gasteiger partial charge on any atom is -0.353 e. The molecule has 1 saturated carbocycles. The fraction of sp³-hybridized carbons (Fsp3) is 0.333. The number of hydrogen-bond acceptors (Lipinski definition) is 6. The Balaban J connectivity index is 1.17. The van der Waals surface area contributed by atoms with Crippen LogP contribution in [0.4, 0.5) is 16.3 Å². The number of aromatic nitrogens is 3. The molecule has 0 bridgehead atoms. The van der Waals surface area contributed by atoms with Gasteiger partial charge in [-0.1, -0.05) is 16.8 Å². The standard InChI is InChI=1S/C21H21ClN6O2/c22-16-4-6-17(7-5-16)24-21(29)28-11-9-27(10-12-28)18-8-3-15(13-23-18)19-25-20(30-26-19)14-1-2-14/h3-8,13-14H,1-2,9-12H2,(H,24,29). The number of piperazine rings is 1. The van der Waals surface area contributed by atoms with Gasteiger partial charge in [0.15, 0.2) is 0 Å². The largest absolute Gasteiger partial charge is 0.353 e. The summed E-state index contributed by atoms with van der Waals surface area (Å²) < 4.78 is 5.32. The Bertz CT molecular complexity index is 1020. The van der Waals surface area contributed by atoms with Crippen LogP contribution in [-0.2, 0) is 0 Å². The number of carbonyl (C=O) groups excluding carboxylic acids is 1. The molecule has 1 N–H and O–H groups in total.